The van der Waals surface area contributed by atoms with Crippen molar-refractivity contribution in [1.29, 1.82) is 5.26 Å². The molecule has 0 aliphatic carbocycles. The smallest absolute Gasteiger partial charge is 0.320 e. The summed E-state index contributed by atoms with van der Waals surface area (Å²) >= 11 is 0. The average Bonchev–Trinajstić information content (AvgIpc) is 2.62. The van der Waals surface area contributed by atoms with Gasteiger partial charge in [0.2, 0.25) is 5.91 Å². The van der Waals surface area contributed by atoms with E-state index in [4.69, 9.17) is 11.0 Å². The Morgan fingerprint density at radius 2 is 1.92 bits per heavy atom. The Morgan fingerprint density at radius 1 is 1.19 bits per heavy atom. The number of hydrogen-bond donors (Lipinski definition) is 2. The number of primary amides is 1. The summed E-state index contributed by atoms with van der Waals surface area (Å²) in [6.07, 6.45) is 0.515. The van der Waals surface area contributed by atoms with E-state index in [2.05, 4.69) is 5.32 Å². The minimum absolute atomic E-state index is 0.199. The average molecular weight is 350 g/mol. The molecule has 6 heteroatoms. The van der Waals surface area contributed by atoms with Crippen molar-refractivity contribution in [2.24, 2.45) is 5.73 Å². The van der Waals surface area contributed by atoms with Crippen molar-refractivity contribution in [2.75, 3.05) is 11.4 Å². The molecular formula is C20H22N4O2. The lowest BCUT2D eigenvalue weighted by molar-refractivity contribution is -0.122. The van der Waals surface area contributed by atoms with Gasteiger partial charge >= 0.3 is 6.03 Å². The van der Waals surface area contributed by atoms with E-state index in [0.717, 1.165) is 11.1 Å². The van der Waals surface area contributed by atoms with Crippen LogP contribution in [0.2, 0.25) is 0 Å². The Bertz CT molecular complexity index is 799. The first-order valence-corrected chi connectivity index (χ1v) is 8.37. The second kappa shape index (κ2) is 9.23. The number of urea groups is 1. The zero-order valence-corrected chi connectivity index (χ0v) is 14.7. The molecule has 0 aromatic heterocycles. The van der Waals surface area contributed by atoms with Gasteiger partial charge in [-0.05, 0) is 30.2 Å². The highest BCUT2D eigenvalue weighted by molar-refractivity contribution is 5.99. The molecule has 6 nitrogen and oxygen atoms in total. The van der Waals surface area contributed by atoms with Crippen LogP contribution in [0.25, 0.3) is 0 Å². The van der Waals surface area contributed by atoms with Gasteiger partial charge in [0, 0.05) is 18.7 Å². The second-order valence-corrected chi connectivity index (χ2v) is 5.95. The standard InChI is InChI=1S/C20H22N4O2/c1-15-7-5-10-17(13-15)24(20(22)26)18(19(25)23-12-6-11-21)14-16-8-3-2-4-9-16/h2-5,7-10,13,18H,6,12,14H2,1H3,(H2,22,26)(H,23,25). The molecule has 3 N–H and O–H groups in total. The molecule has 2 aromatic carbocycles. The molecule has 3 amide bonds. The molecule has 0 saturated carbocycles. The van der Waals surface area contributed by atoms with E-state index in [9.17, 15) is 9.59 Å². The van der Waals surface area contributed by atoms with Crippen LogP contribution in [-0.2, 0) is 11.2 Å². The molecule has 26 heavy (non-hydrogen) atoms. The maximum Gasteiger partial charge on any atom is 0.320 e. The number of anilines is 1. The van der Waals surface area contributed by atoms with Crippen molar-refractivity contribution < 1.29 is 9.59 Å². The van der Waals surface area contributed by atoms with Crippen LogP contribution in [-0.4, -0.2) is 24.5 Å². The van der Waals surface area contributed by atoms with E-state index in [1.807, 2.05) is 61.5 Å². The summed E-state index contributed by atoms with van der Waals surface area (Å²) in [6.45, 7) is 2.13. The molecule has 134 valence electrons. The van der Waals surface area contributed by atoms with Crippen LogP contribution in [0.5, 0.6) is 0 Å². The summed E-state index contributed by atoms with van der Waals surface area (Å²) in [7, 11) is 0. The molecule has 2 rings (SSSR count). The number of carbonyl (C=O) groups excluding carboxylic acids is 2. The van der Waals surface area contributed by atoms with E-state index in [1.54, 1.807) is 6.07 Å². The molecule has 0 spiro atoms. The molecule has 0 aliphatic rings. The molecule has 0 heterocycles. The van der Waals surface area contributed by atoms with Crippen LogP contribution in [0.4, 0.5) is 10.5 Å². The molecular weight excluding hydrogens is 328 g/mol. The highest BCUT2D eigenvalue weighted by Crippen LogP contribution is 2.21. The van der Waals surface area contributed by atoms with Gasteiger partial charge in [0.05, 0.1) is 12.5 Å². The SMILES string of the molecule is Cc1cccc(N(C(N)=O)C(Cc2ccccc2)C(=O)NCCC#N)c1. The van der Waals surface area contributed by atoms with E-state index in [0.29, 0.717) is 12.1 Å². The Balaban J connectivity index is 2.36. The Kier molecular flexibility index (Phi) is 6.75. The minimum Gasteiger partial charge on any atom is -0.353 e. The maximum absolute atomic E-state index is 12.8. The van der Waals surface area contributed by atoms with Gasteiger partial charge in [0.1, 0.15) is 6.04 Å². The molecule has 0 bridgehead atoms. The number of carbonyl (C=O) groups is 2. The lowest BCUT2D eigenvalue weighted by Crippen LogP contribution is -2.53. The summed E-state index contributed by atoms with van der Waals surface area (Å²) in [5.74, 6) is -0.343. The molecule has 0 saturated heterocycles. The van der Waals surface area contributed by atoms with Crippen LogP contribution < -0.4 is 16.0 Å². The molecule has 0 fully saturated rings. The summed E-state index contributed by atoms with van der Waals surface area (Å²) < 4.78 is 0. The first kappa shape index (κ1) is 19.0. The van der Waals surface area contributed by atoms with Gasteiger partial charge in [0.15, 0.2) is 0 Å². The van der Waals surface area contributed by atoms with Crippen LogP contribution in [0.15, 0.2) is 54.6 Å². The van der Waals surface area contributed by atoms with Crippen LogP contribution in [0, 0.1) is 18.3 Å². The number of rotatable bonds is 7. The Hall–Kier alpha value is -3.33. The van der Waals surface area contributed by atoms with Gasteiger partial charge in [-0.25, -0.2) is 4.79 Å². The van der Waals surface area contributed by atoms with E-state index < -0.39 is 12.1 Å². The predicted octanol–water partition coefficient (Wildman–Crippen LogP) is 2.52. The molecule has 1 atom stereocenters. The third kappa shape index (κ3) is 5.08. The molecule has 0 radical (unpaired) electrons. The van der Waals surface area contributed by atoms with Crippen molar-refractivity contribution in [3.05, 3.63) is 65.7 Å². The lowest BCUT2D eigenvalue weighted by atomic mass is 10.0. The van der Waals surface area contributed by atoms with Crippen molar-refractivity contribution in [3.63, 3.8) is 0 Å². The topological polar surface area (TPSA) is 99.2 Å². The number of hydrogen-bond acceptors (Lipinski definition) is 3. The van der Waals surface area contributed by atoms with Gasteiger partial charge in [-0.3, -0.25) is 9.69 Å². The highest BCUT2D eigenvalue weighted by Gasteiger charge is 2.30. The van der Waals surface area contributed by atoms with Gasteiger partial charge in [-0.15, -0.1) is 0 Å². The minimum atomic E-state index is -0.810. The van der Waals surface area contributed by atoms with Crippen LogP contribution >= 0.6 is 0 Å². The Morgan fingerprint density at radius 3 is 2.54 bits per heavy atom. The fraction of sp³-hybridized carbons (Fsp3) is 0.250. The maximum atomic E-state index is 12.8. The van der Waals surface area contributed by atoms with Crippen molar-refractivity contribution >= 4 is 17.6 Å². The monoisotopic (exact) mass is 350 g/mol. The third-order valence-electron chi connectivity index (χ3n) is 3.94. The fourth-order valence-corrected chi connectivity index (χ4v) is 2.74. The van der Waals surface area contributed by atoms with E-state index in [-0.39, 0.29) is 18.9 Å². The van der Waals surface area contributed by atoms with E-state index in [1.165, 1.54) is 4.90 Å². The van der Waals surface area contributed by atoms with Crippen molar-refractivity contribution in [1.82, 2.24) is 5.32 Å². The van der Waals surface area contributed by atoms with Gasteiger partial charge in [0.25, 0.3) is 0 Å². The van der Waals surface area contributed by atoms with Gasteiger partial charge < -0.3 is 11.1 Å². The van der Waals surface area contributed by atoms with Crippen molar-refractivity contribution in [2.45, 2.75) is 25.8 Å². The van der Waals surface area contributed by atoms with E-state index >= 15 is 0 Å². The number of nitrogens with zero attached hydrogens (tertiary/aromatic N) is 2. The predicted molar refractivity (Wildman–Crippen MR) is 100 cm³/mol. The lowest BCUT2D eigenvalue weighted by Gasteiger charge is -2.30. The zero-order valence-electron chi connectivity index (χ0n) is 14.7. The first-order chi connectivity index (χ1) is 12.5. The number of nitriles is 1. The van der Waals surface area contributed by atoms with Crippen LogP contribution in [0.1, 0.15) is 17.5 Å². The summed E-state index contributed by atoms with van der Waals surface area (Å²) in [6, 6.07) is 17.2. The summed E-state index contributed by atoms with van der Waals surface area (Å²) in [5.41, 5.74) is 8.05. The fourth-order valence-electron chi connectivity index (χ4n) is 2.74. The number of nitrogens with two attached hydrogens (primary N) is 1. The number of benzene rings is 2. The normalized spacial score (nSPS) is 11.2. The van der Waals surface area contributed by atoms with Crippen molar-refractivity contribution in [3.8, 4) is 6.07 Å². The third-order valence-corrected chi connectivity index (χ3v) is 3.94. The number of amides is 3. The largest absolute Gasteiger partial charge is 0.353 e. The van der Waals surface area contributed by atoms with Gasteiger partial charge in [-0.2, -0.15) is 5.26 Å². The molecule has 1 unspecified atom stereocenters. The van der Waals surface area contributed by atoms with Gasteiger partial charge in [-0.1, -0.05) is 42.5 Å². The second-order valence-electron chi connectivity index (χ2n) is 5.95. The highest BCUT2D eigenvalue weighted by atomic mass is 16.2. The van der Waals surface area contributed by atoms with Crippen LogP contribution in [0.3, 0.4) is 0 Å². The summed E-state index contributed by atoms with van der Waals surface area (Å²) in [5, 5.41) is 11.4. The molecule has 0 aliphatic heterocycles. The number of aryl methyl sites for hydroxylation is 1. The number of nitrogens with one attached hydrogen (secondary N) is 1. The molecule has 2 aromatic rings. The Labute approximate surface area is 153 Å². The first-order valence-electron chi connectivity index (χ1n) is 8.37. The zero-order chi connectivity index (χ0) is 18.9. The summed E-state index contributed by atoms with van der Waals surface area (Å²) in [4.78, 5) is 26.3. The quantitative estimate of drug-likeness (QED) is 0.751.